The molecule has 0 atom stereocenters. The number of carbonyl (C=O) groups is 1. The molecule has 5 heteroatoms. The summed E-state index contributed by atoms with van der Waals surface area (Å²) in [6, 6.07) is 17.1. The van der Waals surface area contributed by atoms with E-state index in [1.807, 2.05) is 35.2 Å². The van der Waals surface area contributed by atoms with Gasteiger partial charge in [0.15, 0.2) is 0 Å². The van der Waals surface area contributed by atoms with E-state index in [1.54, 1.807) is 30.5 Å². The molecule has 1 saturated heterocycles. The lowest BCUT2D eigenvalue weighted by Crippen LogP contribution is -2.27. The maximum atomic E-state index is 12.4. The van der Waals surface area contributed by atoms with Crippen molar-refractivity contribution in [2.75, 3.05) is 13.1 Å². The normalized spacial score (nSPS) is 13.6. The molecule has 1 amide bonds. The van der Waals surface area contributed by atoms with Crippen LogP contribution in [0.4, 0.5) is 0 Å². The summed E-state index contributed by atoms with van der Waals surface area (Å²) >= 11 is 0. The van der Waals surface area contributed by atoms with Gasteiger partial charge in [0.25, 0.3) is 5.91 Å². The van der Waals surface area contributed by atoms with Gasteiger partial charge in [-0.05, 0) is 42.7 Å². The number of nitrogens with zero attached hydrogens (tertiary/aromatic N) is 3. The van der Waals surface area contributed by atoms with Crippen LogP contribution < -0.4 is 4.74 Å². The van der Waals surface area contributed by atoms with Crippen molar-refractivity contribution >= 4 is 5.91 Å². The van der Waals surface area contributed by atoms with Gasteiger partial charge in [0.2, 0.25) is 5.88 Å². The molecule has 130 valence electrons. The molecular weight excluding hydrogens is 326 g/mol. The first kappa shape index (κ1) is 16.3. The lowest BCUT2D eigenvalue weighted by atomic mass is 10.1. The van der Waals surface area contributed by atoms with Gasteiger partial charge in [-0.25, -0.2) is 9.97 Å². The van der Waals surface area contributed by atoms with Crippen molar-refractivity contribution in [2.45, 2.75) is 12.8 Å². The number of amides is 1. The second kappa shape index (κ2) is 7.35. The van der Waals surface area contributed by atoms with Gasteiger partial charge in [0.05, 0.1) is 5.56 Å². The second-order valence-corrected chi connectivity index (χ2v) is 6.23. The molecule has 0 unspecified atom stereocenters. The molecule has 1 aliphatic heterocycles. The van der Waals surface area contributed by atoms with Crippen LogP contribution in [0.5, 0.6) is 11.6 Å². The van der Waals surface area contributed by atoms with Crippen LogP contribution in [0.15, 0.2) is 67.1 Å². The number of ether oxygens (including phenoxy) is 1. The Morgan fingerprint density at radius 3 is 2.42 bits per heavy atom. The summed E-state index contributed by atoms with van der Waals surface area (Å²) in [5, 5.41) is 0. The van der Waals surface area contributed by atoms with Crippen molar-refractivity contribution in [3.63, 3.8) is 0 Å². The Labute approximate surface area is 152 Å². The van der Waals surface area contributed by atoms with Crippen molar-refractivity contribution in [1.82, 2.24) is 14.9 Å². The largest absolute Gasteiger partial charge is 0.438 e. The number of benzene rings is 2. The van der Waals surface area contributed by atoms with Crippen LogP contribution in [0, 0.1) is 0 Å². The van der Waals surface area contributed by atoms with E-state index in [4.69, 9.17) is 4.74 Å². The minimum atomic E-state index is 0.0843. The van der Waals surface area contributed by atoms with Crippen molar-refractivity contribution < 1.29 is 9.53 Å². The van der Waals surface area contributed by atoms with Gasteiger partial charge in [0, 0.05) is 24.8 Å². The summed E-state index contributed by atoms with van der Waals surface area (Å²) in [5.74, 6) is 1.21. The fourth-order valence-electron chi connectivity index (χ4n) is 3.10. The molecule has 2 aromatic carbocycles. The van der Waals surface area contributed by atoms with E-state index in [0.717, 1.165) is 37.1 Å². The van der Waals surface area contributed by atoms with Crippen molar-refractivity contribution in [3.8, 4) is 22.8 Å². The molecule has 0 bridgehead atoms. The summed E-state index contributed by atoms with van der Waals surface area (Å²) in [7, 11) is 0. The highest BCUT2D eigenvalue weighted by Crippen LogP contribution is 2.30. The predicted molar refractivity (Wildman–Crippen MR) is 99.1 cm³/mol. The van der Waals surface area contributed by atoms with E-state index in [1.165, 1.54) is 6.33 Å². The third-order valence-electron chi connectivity index (χ3n) is 4.47. The average Bonchev–Trinajstić information content (AvgIpc) is 3.24. The van der Waals surface area contributed by atoms with Crippen LogP contribution in [0.2, 0.25) is 0 Å². The molecule has 1 aromatic heterocycles. The van der Waals surface area contributed by atoms with Crippen LogP contribution in [-0.4, -0.2) is 33.9 Å². The highest BCUT2D eigenvalue weighted by Gasteiger charge is 2.19. The van der Waals surface area contributed by atoms with Gasteiger partial charge in [-0.3, -0.25) is 4.79 Å². The van der Waals surface area contributed by atoms with Crippen LogP contribution in [0.25, 0.3) is 11.1 Å². The summed E-state index contributed by atoms with van der Waals surface area (Å²) < 4.78 is 5.95. The average molecular weight is 345 g/mol. The molecule has 0 aliphatic carbocycles. The molecule has 26 heavy (non-hydrogen) atoms. The molecule has 0 radical (unpaired) electrons. The Balaban J connectivity index is 1.54. The highest BCUT2D eigenvalue weighted by molar-refractivity contribution is 5.94. The Hall–Kier alpha value is -3.21. The van der Waals surface area contributed by atoms with Gasteiger partial charge < -0.3 is 9.64 Å². The van der Waals surface area contributed by atoms with Gasteiger partial charge >= 0.3 is 0 Å². The Morgan fingerprint density at radius 1 is 0.962 bits per heavy atom. The lowest BCUT2D eigenvalue weighted by molar-refractivity contribution is 0.0793. The summed E-state index contributed by atoms with van der Waals surface area (Å²) in [6.07, 6.45) is 5.38. The molecule has 2 heterocycles. The van der Waals surface area contributed by atoms with Crippen LogP contribution in [0.3, 0.4) is 0 Å². The van der Waals surface area contributed by atoms with E-state index in [0.29, 0.717) is 17.2 Å². The molecule has 4 rings (SSSR count). The molecule has 0 spiro atoms. The lowest BCUT2D eigenvalue weighted by Gasteiger charge is -2.15. The van der Waals surface area contributed by atoms with Gasteiger partial charge in [0.1, 0.15) is 12.1 Å². The summed E-state index contributed by atoms with van der Waals surface area (Å²) in [5.41, 5.74) is 2.50. The smallest absolute Gasteiger partial charge is 0.253 e. The van der Waals surface area contributed by atoms with Crippen molar-refractivity contribution in [1.29, 1.82) is 0 Å². The van der Waals surface area contributed by atoms with Gasteiger partial charge in [-0.1, -0.05) is 30.3 Å². The zero-order chi connectivity index (χ0) is 17.8. The first-order valence-electron chi connectivity index (χ1n) is 8.74. The Bertz CT molecular complexity index is 889. The standard InChI is InChI=1S/C21H19N3O2/c25-21(24-12-4-5-13-24)17-8-10-18(11-9-17)26-20-19(14-22-15-23-20)16-6-2-1-3-7-16/h1-3,6-11,14-15H,4-5,12-13H2. The molecule has 1 aliphatic rings. The highest BCUT2D eigenvalue weighted by atomic mass is 16.5. The fourth-order valence-corrected chi connectivity index (χ4v) is 3.10. The first-order chi connectivity index (χ1) is 12.8. The second-order valence-electron chi connectivity index (χ2n) is 6.23. The molecule has 5 nitrogen and oxygen atoms in total. The number of rotatable bonds is 4. The molecule has 0 saturated carbocycles. The van der Waals surface area contributed by atoms with Crippen LogP contribution >= 0.6 is 0 Å². The number of hydrogen-bond acceptors (Lipinski definition) is 4. The minimum absolute atomic E-state index is 0.0843. The zero-order valence-electron chi connectivity index (χ0n) is 14.3. The summed E-state index contributed by atoms with van der Waals surface area (Å²) in [6.45, 7) is 1.69. The van der Waals surface area contributed by atoms with Gasteiger partial charge in [-0.15, -0.1) is 0 Å². The monoisotopic (exact) mass is 345 g/mol. The first-order valence-corrected chi connectivity index (χ1v) is 8.74. The molecule has 3 aromatic rings. The van der Waals surface area contributed by atoms with E-state index < -0.39 is 0 Å². The van der Waals surface area contributed by atoms with E-state index in [2.05, 4.69) is 9.97 Å². The zero-order valence-corrected chi connectivity index (χ0v) is 14.3. The molecule has 0 N–H and O–H groups in total. The predicted octanol–water partition coefficient (Wildman–Crippen LogP) is 4.17. The minimum Gasteiger partial charge on any atom is -0.438 e. The quantitative estimate of drug-likeness (QED) is 0.712. The van der Waals surface area contributed by atoms with Crippen molar-refractivity contribution in [2.24, 2.45) is 0 Å². The van der Waals surface area contributed by atoms with Crippen LogP contribution in [-0.2, 0) is 0 Å². The number of likely N-dealkylation sites (tertiary alicyclic amines) is 1. The van der Waals surface area contributed by atoms with Crippen molar-refractivity contribution in [3.05, 3.63) is 72.7 Å². The maximum Gasteiger partial charge on any atom is 0.253 e. The molecular formula is C21H19N3O2. The third-order valence-corrected chi connectivity index (χ3v) is 4.47. The van der Waals surface area contributed by atoms with Crippen LogP contribution in [0.1, 0.15) is 23.2 Å². The SMILES string of the molecule is O=C(c1ccc(Oc2ncncc2-c2ccccc2)cc1)N1CCCC1. The molecule has 1 fully saturated rings. The third kappa shape index (κ3) is 3.42. The van der Waals surface area contributed by atoms with Gasteiger partial charge in [-0.2, -0.15) is 0 Å². The fraction of sp³-hybridized carbons (Fsp3) is 0.190. The van der Waals surface area contributed by atoms with E-state index in [-0.39, 0.29) is 5.91 Å². The van der Waals surface area contributed by atoms with E-state index in [9.17, 15) is 4.79 Å². The summed E-state index contributed by atoms with van der Waals surface area (Å²) in [4.78, 5) is 22.7. The topological polar surface area (TPSA) is 55.3 Å². The van der Waals surface area contributed by atoms with E-state index >= 15 is 0 Å². The number of carbonyl (C=O) groups excluding carboxylic acids is 1. The Kier molecular flexibility index (Phi) is 4.60. The number of aromatic nitrogens is 2. The number of hydrogen-bond donors (Lipinski definition) is 0. The maximum absolute atomic E-state index is 12.4. The Morgan fingerprint density at radius 2 is 1.69 bits per heavy atom.